The summed E-state index contributed by atoms with van der Waals surface area (Å²) in [6, 6.07) is 0. The first-order valence-corrected chi connectivity index (χ1v) is 8.60. The van der Waals surface area contributed by atoms with E-state index in [9.17, 15) is 13.5 Å². The van der Waals surface area contributed by atoms with Crippen molar-refractivity contribution in [2.75, 3.05) is 24.6 Å². The smallest absolute Gasteiger partial charge is 0.150 e. The summed E-state index contributed by atoms with van der Waals surface area (Å²) in [5.41, 5.74) is -0.824. The second kappa shape index (κ2) is 5.72. The minimum Gasteiger partial charge on any atom is -0.388 e. The van der Waals surface area contributed by atoms with Crippen LogP contribution in [0.25, 0.3) is 0 Å². The average Bonchev–Trinajstić information content (AvgIpc) is 2.35. The Balaban J connectivity index is 1.71. The molecule has 1 saturated heterocycles. The molecule has 104 valence electrons. The third-order valence-corrected chi connectivity index (χ3v) is 5.67. The van der Waals surface area contributed by atoms with Crippen LogP contribution in [-0.4, -0.2) is 43.7 Å². The van der Waals surface area contributed by atoms with E-state index in [1.165, 1.54) is 6.42 Å². The summed E-state index contributed by atoms with van der Waals surface area (Å²) in [5, 5.41) is 13.6. The Hall–Kier alpha value is -0.390. The SMILES string of the molecule is O=S1(=O)CCC(O)(CNCC2CC=CCC2)CC1. The molecule has 1 aliphatic carbocycles. The van der Waals surface area contributed by atoms with Gasteiger partial charge in [0.1, 0.15) is 0 Å². The van der Waals surface area contributed by atoms with E-state index < -0.39 is 15.4 Å². The molecule has 1 unspecified atom stereocenters. The summed E-state index contributed by atoms with van der Waals surface area (Å²) in [4.78, 5) is 0. The van der Waals surface area contributed by atoms with Gasteiger partial charge in [-0.2, -0.15) is 0 Å². The Labute approximate surface area is 109 Å². The maximum Gasteiger partial charge on any atom is 0.150 e. The average molecular weight is 273 g/mol. The Morgan fingerprint density at radius 3 is 2.61 bits per heavy atom. The highest BCUT2D eigenvalue weighted by Gasteiger charge is 2.34. The molecule has 0 saturated carbocycles. The Morgan fingerprint density at radius 1 is 1.28 bits per heavy atom. The van der Waals surface area contributed by atoms with Crippen LogP contribution in [0.3, 0.4) is 0 Å². The van der Waals surface area contributed by atoms with Crippen LogP contribution in [0.1, 0.15) is 32.1 Å². The van der Waals surface area contributed by atoms with Crippen LogP contribution in [-0.2, 0) is 9.84 Å². The maximum absolute atomic E-state index is 11.3. The highest BCUT2D eigenvalue weighted by molar-refractivity contribution is 7.91. The van der Waals surface area contributed by atoms with Gasteiger partial charge < -0.3 is 10.4 Å². The molecule has 1 fully saturated rings. The molecule has 1 aliphatic heterocycles. The van der Waals surface area contributed by atoms with Crippen LogP contribution in [0.2, 0.25) is 0 Å². The van der Waals surface area contributed by atoms with Crippen LogP contribution >= 0.6 is 0 Å². The predicted octanol–water partition coefficient (Wildman–Crippen LogP) is 0.872. The van der Waals surface area contributed by atoms with Gasteiger partial charge in [0.15, 0.2) is 9.84 Å². The van der Waals surface area contributed by atoms with E-state index in [1.807, 2.05) is 0 Å². The van der Waals surface area contributed by atoms with Gasteiger partial charge in [-0.1, -0.05) is 12.2 Å². The van der Waals surface area contributed by atoms with Crippen LogP contribution in [0.15, 0.2) is 12.2 Å². The molecule has 0 aromatic carbocycles. The molecule has 0 spiro atoms. The summed E-state index contributed by atoms with van der Waals surface area (Å²) in [7, 11) is -2.90. The molecule has 2 rings (SSSR count). The molecule has 0 bridgehead atoms. The van der Waals surface area contributed by atoms with Crippen molar-refractivity contribution in [1.29, 1.82) is 0 Å². The van der Waals surface area contributed by atoms with E-state index in [0.717, 1.165) is 19.4 Å². The third-order valence-electron chi connectivity index (χ3n) is 4.02. The van der Waals surface area contributed by atoms with Gasteiger partial charge in [-0.05, 0) is 44.6 Å². The normalized spacial score (nSPS) is 30.2. The Morgan fingerprint density at radius 2 is 2.00 bits per heavy atom. The predicted molar refractivity (Wildman–Crippen MR) is 72.2 cm³/mol. The first-order chi connectivity index (χ1) is 8.49. The zero-order chi connectivity index (χ0) is 13.1. The summed E-state index contributed by atoms with van der Waals surface area (Å²) < 4.78 is 22.6. The molecule has 1 heterocycles. The van der Waals surface area contributed by atoms with Crippen molar-refractivity contribution in [3.05, 3.63) is 12.2 Å². The van der Waals surface area contributed by atoms with E-state index in [1.54, 1.807) is 0 Å². The molecule has 0 aromatic rings. The first kappa shape index (κ1) is 14.0. The molecule has 4 nitrogen and oxygen atoms in total. The monoisotopic (exact) mass is 273 g/mol. The van der Waals surface area contributed by atoms with Crippen LogP contribution in [0.5, 0.6) is 0 Å². The van der Waals surface area contributed by atoms with Crippen LogP contribution in [0, 0.1) is 5.92 Å². The standard InChI is InChI=1S/C13H23NO3S/c15-13(6-8-18(16,17)9-7-13)11-14-10-12-4-2-1-3-5-12/h1-2,12,14-15H,3-11H2. The molecule has 2 aliphatic rings. The number of aliphatic hydroxyl groups is 1. The second-order valence-corrected chi connectivity index (χ2v) is 7.96. The van der Waals surface area contributed by atoms with E-state index in [2.05, 4.69) is 17.5 Å². The van der Waals surface area contributed by atoms with Gasteiger partial charge in [-0.15, -0.1) is 0 Å². The third kappa shape index (κ3) is 4.07. The zero-order valence-electron chi connectivity index (χ0n) is 10.8. The van der Waals surface area contributed by atoms with Gasteiger partial charge in [-0.25, -0.2) is 8.42 Å². The fourth-order valence-corrected chi connectivity index (χ4v) is 4.23. The zero-order valence-corrected chi connectivity index (χ0v) is 11.6. The van der Waals surface area contributed by atoms with Crippen molar-refractivity contribution in [2.45, 2.75) is 37.7 Å². The van der Waals surface area contributed by atoms with Gasteiger partial charge in [0, 0.05) is 6.54 Å². The molecule has 0 amide bonds. The van der Waals surface area contributed by atoms with Crippen LogP contribution in [0.4, 0.5) is 0 Å². The lowest BCUT2D eigenvalue weighted by molar-refractivity contribution is 0.0298. The first-order valence-electron chi connectivity index (χ1n) is 6.78. The van der Waals surface area contributed by atoms with Gasteiger partial charge in [-0.3, -0.25) is 0 Å². The minimum absolute atomic E-state index is 0.122. The van der Waals surface area contributed by atoms with Gasteiger partial charge in [0.05, 0.1) is 17.1 Å². The lowest BCUT2D eigenvalue weighted by Crippen LogP contribution is -2.47. The van der Waals surface area contributed by atoms with E-state index in [4.69, 9.17) is 0 Å². The number of hydrogen-bond donors (Lipinski definition) is 2. The molecule has 2 N–H and O–H groups in total. The minimum atomic E-state index is -2.90. The second-order valence-electron chi connectivity index (χ2n) is 5.66. The van der Waals surface area contributed by atoms with Crippen molar-refractivity contribution in [3.63, 3.8) is 0 Å². The number of allylic oxidation sites excluding steroid dienone is 2. The van der Waals surface area contributed by atoms with E-state index in [-0.39, 0.29) is 11.5 Å². The van der Waals surface area contributed by atoms with Gasteiger partial charge in [0.2, 0.25) is 0 Å². The fourth-order valence-electron chi connectivity index (χ4n) is 2.65. The maximum atomic E-state index is 11.3. The molecule has 18 heavy (non-hydrogen) atoms. The fraction of sp³-hybridized carbons (Fsp3) is 0.846. The summed E-state index contributed by atoms with van der Waals surface area (Å²) in [6.45, 7) is 1.43. The molecule has 5 heteroatoms. The van der Waals surface area contributed by atoms with Crippen molar-refractivity contribution >= 4 is 9.84 Å². The number of rotatable bonds is 4. The largest absolute Gasteiger partial charge is 0.388 e. The topological polar surface area (TPSA) is 66.4 Å². The molecular weight excluding hydrogens is 250 g/mol. The lowest BCUT2D eigenvalue weighted by atomic mass is 9.93. The van der Waals surface area contributed by atoms with Crippen LogP contribution < -0.4 is 5.32 Å². The number of sulfone groups is 1. The number of hydrogen-bond acceptors (Lipinski definition) is 4. The van der Waals surface area contributed by atoms with E-state index in [0.29, 0.717) is 25.3 Å². The van der Waals surface area contributed by atoms with Crippen molar-refractivity contribution in [3.8, 4) is 0 Å². The Kier molecular flexibility index (Phi) is 4.45. The highest BCUT2D eigenvalue weighted by Crippen LogP contribution is 2.23. The summed E-state index contributed by atoms with van der Waals surface area (Å²) >= 11 is 0. The molecule has 0 radical (unpaired) electrons. The van der Waals surface area contributed by atoms with Gasteiger partial charge >= 0.3 is 0 Å². The molecule has 1 atom stereocenters. The quantitative estimate of drug-likeness (QED) is 0.746. The summed E-state index contributed by atoms with van der Waals surface area (Å²) in [5.74, 6) is 0.903. The lowest BCUT2D eigenvalue weighted by Gasteiger charge is -2.32. The Bertz CT molecular complexity index is 388. The molecule has 0 aromatic heterocycles. The van der Waals surface area contributed by atoms with E-state index >= 15 is 0 Å². The van der Waals surface area contributed by atoms with Gasteiger partial charge in [0.25, 0.3) is 0 Å². The van der Waals surface area contributed by atoms with Crippen molar-refractivity contribution in [2.24, 2.45) is 5.92 Å². The highest BCUT2D eigenvalue weighted by atomic mass is 32.2. The van der Waals surface area contributed by atoms with Crippen molar-refractivity contribution in [1.82, 2.24) is 5.32 Å². The molecular formula is C13H23NO3S. The van der Waals surface area contributed by atoms with Crippen molar-refractivity contribution < 1.29 is 13.5 Å². The summed E-state index contributed by atoms with van der Waals surface area (Å²) in [6.07, 6.45) is 8.64. The number of nitrogens with one attached hydrogen (secondary N) is 1.